The van der Waals surface area contributed by atoms with Crippen LogP contribution < -0.4 is 14.2 Å². The molecular weight excluding hydrogens is 498 g/mol. The number of ketones is 1. The Hall–Kier alpha value is -3.52. The number of Topliss-reactive ketones (excluding diaryl/α,β-unsaturated/α-hetero) is 1. The molecule has 0 bridgehead atoms. The number of fused-ring (bicyclic) bond motifs is 1. The second-order valence-corrected chi connectivity index (χ2v) is 11.0. The standard InChI is InChI=1S/C31H37NO7/c1-18(2)11-13-38-25-10-7-20(16-26(25)36-4)28-27(30(34)31(35)32(28)17-23-6-5-12-37-23)29(33)21-8-9-24-22(15-21)14-19(3)39-24/h7-10,15-16,18-19,23,28,33H,5-6,11-14,17H2,1-4H3/t19-,23+,28+/m0/s1. The van der Waals surface area contributed by atoms with E-state index >= 15 is 0 Å². The molecule has 0 spiro atoms. The monoisotopic (exact) mass is 535 g/mol. The molecule has 3 aliphatic heterocycles. The summed E-state index contributed by atoms with van der Waals surface area (Å²) in [7, 11) is 1.56. The van der Waals surface area contributed by atoms with Crippen LogP contribution in [-0.2, 0) is 20.7 Å². The third-order valence-corrected chi connectivity index (χ3v) is 7.59. The van der Waals surface area contributed by atoms with Crippen molar-refractivity contribution in [3.05, 3.63) is 58.7 Å². The number of likely N-dealkylation sites (tertiary alicyclic amines) is 1. The molecule has 208 valence electrons. The van der Waals surface area contributed by atoms with Crippen molar-refractivity contribution >= 4 is 17.4 Å². The molecule has 2 saturated heterocycles. The Morgan fingerprint density at radius 1 is 1.15 bits per heavy atom. The number of carbonyl (C=O) groups excluding carboxylic acids is 2. The predicted molar refractivity (Wildman–Crippen MR) is 146 cm³/mol. The fourth-order valence-electron chi connectivity index (χ4n) is 5.53. The summed E-state index contributed by atoms with van der Waals surface area (Å²) in [5.74, 6) is 0.803. The van der Waals surface area contributed by atoms with Gasteiger partial charge in [-0.2, -0.15) is 0 Å². The van der Waals surface area contributed by atoms with E-state index in [1.165, 1.54) is 4.90 Å². The van der Waals surface area contributed by atoms with Gasteiger partial charge in [-0.05, 0) is 73.6 Å². The molecule has 0 saturated carbocycles. The van der Waals surface area contributed by atoms with Crippen LogP contribution in [0.4, 0.5) is 0 Å². The van der Waals surface area contributed by atoms with Crippen LogP contribution in [0.3, 0.4) is 0 Å². The molecule has 3 atom stereocenters. The van der Waals surface area contributed by atoms with Gasteiger partial charge in [-0.1, -0.05) is 19.9 Å². The second kappa shape index (κ2) is 11.3. The summed E-state index contributed by atoms with van der Waals surface area (Å²) < 4.78 is 23.2. The Bertz CT molecular complexity index is 1280. The zero-order chi connectivity index (χ0) is 27.7. The third kappa shape index (κ3) is 5.48. The van der Waals surface area contributed by atoms with E-state index in [2.05, 4.69) is 13.8 Å². The van der Waals surface area contributed by atoms with Gasteiger partial charge in [0.05, 0.1) is 31.4 Å². The number of hydrogen-bond donors (Lipinski definition) is 1. The van der Waals surface area contributed by atoms with E-state index in [9.17, 15) is 14.7 Å². The maximum atomic E-state index is 13.5. The number of carbonyl (C=O) groups is 2. The summed E-state index contributed by atoms with van der Waals surface area (Å²) >= 11 is 0. The molecule has 1 N–H and O–H groups in total. The number of methoxy groups -OCH3 is 1. The van der Waals surface area contributed by atoms with Gasteiger partial charge in [-0.25, -0.2) is 0 Å². The fraction of sp³-hybridized carbons (Fsp3) is 0.484. The molecule has 0 radical (unpaired) electrons. The molecule has 8 heteroatoms. The molecule has 0 aliphatic carbocycles. The molecule has 2 aromatic rings. The van der Waals surface area contributed by atoms with E-state index in [4.69, 9.17) is 18.9 Å². The first-order valence-electron chi connectivity index (χ1n) is 13.8. The fourth-order valence-corrected chi connectivity index (χ4v) is 5.53. The number of ether oxygens (including phenoxy) is 4. The summed E-state index contributed by atoms with van der Waals surface area (Å²) in [5.41, 5.74) is 2.15. The first-order valence-corrected chi connectivity index (χ1v) is 13.8. The van der Waals surface area contributed by atoms with Gasteiger partial charge in [0, 0.05) is 25.1 Å². The van der Waals surface area contributed by atoms with Crippen molar-refractivity contribution in [1.29, 1.82) is 0 Å². The van der Waals surface area contributed by atoms with Gasteiger partial charge in [0.15, 0.2) is 11.5 Å². The van der Waals surface area contributed by atoms with Crippen LogP contribution in [0.25, 0.3) is 5.76 Å². The molecule has 0 unspecified atom stereocenters. The minimum Gasteiger partial charge on any atom is -0.507 e. The van der Waals surface area contributed by atoms with E-state index in [-0.39, 0.29) is 30.1 Å². The molecule has 8 nitrogen and oxygen atoms in total. The zero-order valence-corrected chi connectivity index (χ0v) is 23.1. The Morgan fingerprint density at radius 3 is 2.69 bits per heavy atom. The third-order valence-electron chi connectivity index (χ3n) is 7.59. The highest BCUT2D eigenvalue weighted by molar-refractivity contribution is 6.46. The Balaban J connectivity index is 1.56. The summed E-state index contributed by atoms with van der Waals surface area (Å²) in [6, 6.07) is 9.99. The first-order chi connectivity index (χ1) is 18.8. The summed E-state index contributed by atoms with van der Waals surface area (Å²) in [4.78, 5) is 28.4. The van der Waals surface area contributed by atoms with Gasteiger partial charge in [-0.15, -0.1) is 0 Å². The molecular formula is C31H37NO7. The van der Waals surface area contributed by atoms with Gasteiger partial charge in [-0.3, -0.25) is 9.59 Å². The lowest BCUT2D eigenvalue weighted by Crippen LogP contribution is -2.36. The largest absolute Gasteiger partial charge is 0.507 e. The quantitative estimate of drug-likeness (QED) is 0.273. The number of amides is 1. The van der Waals surface area contributed by atoms with Crippen molar-refractivity contribution in [1.82, 2.24) is 4.90 Å². The van der Waals surface area contributed by atoms with Gasteiger partial charge >= 0.3 is 0 Å². The SMILES string of the molecule is COc1cc([C@@H]2C(=C(O)c3ccc4c(c3)C[C@H](C)O4)C(=O)C(=O)N2C[C@H]2CCCO2)ccc1OCCC(C)C. The lowest BCUT2D eigenvalue weighted by molar-refractivity contribution is -0.140. The smallest absolute Gasteiger partial charge is 0.295 e. The van der Waals surface area contributed by atoms with Gasteiger partial charge in [0.2, 0.25) is 0 Å². The maximum absolute atomic E-state index is 13.5. The van der Waals surface area contributed by atoms with Gasteiger partial charge in [0.1, 0.15) is 17.6 Å². The minimum absolute atomic E-state index is 0.0446. The number of aliphatic hydroxyl groups excluding tert-OH is 1. The average molecular weight is 536 g/mol. The second-order valence-electron chi connectivity index (χ2n) is 11.0. The lowest BCUT2D eigenvalue weighted by atomic mass is 9.94. The normalized spacial score (nSPS) is 23.8. The number of aliphatic hydroxyl groups is 1. The molecule has 5 rings (SSSR count). The van der Waals surface area contributed by atoms with Crippen LogP contribution in [0.5, 0.6) is 17.2 Å². The summed E-state index contributed by atoms with van der Waals surface area (Å²) in [6.07, 6.45) is 3.21. The molecule has 3 heterocycles. The number of nitrogens with zero attached hydrogens (tertiary/aromatic N) is 1. The minimum atomic E-state index is -0.795. The van der Waals surface area contributed by atoms with Gasteiger partial charge < -0.3 is 29.0 Å². The van der Waals surface area contributed by atoms with Crippen LogP contribution in [0.15, 0.2) is 42.0 Å². The number of hydrogen-bond acceptors (Lipinski definition) is 7. The molecule has 2 aromatic carbocycles. The van der Waals surface area contributed by atoms with Crippen LogP contribution in [-0.4, -0.2) is 60.8 Å². The van der Waals surface area contributed by atoms with Crippen molar-refractivity contribution in [2.45, 2.75) is 64.7 Å². The van der Waals surface area contributed by atoms with Crippen LogP contribution >= 0.6 is 0 Å². The topological polar surface area (TPSA) is 94.5 Å². The van der Waals surface area contributed by atoms with E-state index in [0.717, 1.165) is 30.6 Å². The van der Waals surface area contributed by atoms with E-state index < -0.39 is 17.7 Å². The van der Waals surface area contributed by atoms with Crippen molar-refractivity contribution in [2.75, 3.05) is 26.9 Å². The number of benzene rings is 2. The highest BCUT2D eigenvalue weighted by Gasteiger charge is 2.47. The number of rotatable bonds is 9. The van der Waals surface area contributed by atoms with Gasteiger partial charge in [0.25, 0.3) is 11.7 Å². The lowest BCUT2D eigenvalue weighted by Gasteiger charge is -2.28. The van der Waals surface area contributed by atoms with Crippen LogP contribution in [0.2, 0.25) is 0 Å². The summed E-state index contributed by atoms with van der Waals surface area (Å²) in [6.45, 7) is 7.69. The van der Waals surface area contributed by atoms with Crippen molar-refractivity contribution < 1.29 is 33.6 Å². The highest BCUT2D eigenvalue weighted by atomic mass is 16.5. The van der Waals surface area contributed by atoms with Crippen LogP contribution in [0, 0.1) is 5.92 Å². The molecule has 0 aromatic heterocycles. The Labute approximate surface area is 229 Å². The average Bonchev–Trinajstić information content (AvgIpc) is 3.62. The van der Waals surface area contributed by atoms with E-state index in [1.54, 1.807) is 31.4 Å². The predicted octanol–water partition coefficient (Wildman–Crippen LogP) is 5.04. The maximum Gasteiger partial charge on any atom is 0.295 e. The Morgan fingerprint density at radius 2 is 1.97 bits per heavy atom. The van der Waals surface area contributed by atoms with E-state index in [1.807, 2.05) is 19.1 Å². The first kappa shape index (κ1) is 27.1. The van der Waals surface area contributed by atoms with E-state index in [0.29, 0.717) is 48.2 Å². The molecule has 39 heavy (non-hydrogen) atoms. The van der Waals surface area contributed by atoms with Crippen molar-refractivity contribution in [3.63, 3.8) is 0 Å². The van der Waals surface area contributed by atoms with Crippen LogP contribution in [0.1, 0.15) is 62.8 Å². The summed E-state index contributed by atoms with van der Waals surface area (Å²) in [5, 5.41) is 11.5. The zero-order valence-electron chi connectivity index (χ0n) is 23.1. The van der Waals surface area contributed by atoms with Crippen molar-refractivity contribution in [3.8, 4) is 17.2 Å². The highest BCUT2D eigenvalue weighted by Crippen LogP contribution is 2.43. The Kier molecular flexibility index (Phi) is 7.84. The molecule has 1 amide bonds. The van der Waals surface area contributed by atoms with Crippen molar-refractivity contribution in [2.24, 2.45) is 5.92 Å². The molecule has 2 fully saturated rings. The molecule has 3 aliphatic rings.